The van der Waals surface area contributed by atoms with E-state index in [9.17, 15) is 18.0 Å². The highest BCUT2D eigenvalue weighted by molar-refractivity contribution is 7.10. The van der Waals surface area contributed by atoms with Gasteiger partial charge in [-0.05, 0) is 56.0 Å². The zero-order valence-corrected chi connectivity index (χ0v) is 24.8. The van der Waals surface area contributed by atoms with Crippen molar-refractivity contribution in [2.45, 2.75) is 45.3 Å². The van der Waals surface area contributed by atoms with Crippen LogP contribution in [0.1, 0.15) is 52.3 Å². The van der Waals surface area contributed by atoms with E-state index in [1.54, 1.807) is 35.6 Å². The summed E-state index contributed by atoms with van der Waals surface area (Å²) < 4.78 is 41.4. The molecule has 1 saturated heterocycles. The molecule has 5 nitrogen and oxygen atoms in total. The van der Waals surface area contributed by atoms with Crippen LogP contribution >= 0.6 is 11.3 Å². The fourth-order valence-corrected chi connectivity index (χ4v) is 6.79. The van der Waals surface area contributed by atoms with Crippen LogP contribution in [0.25, 0.3) is 33.9 Å². The largest absolute Gasteiger partial charge is 0.416 e. The molecule has 0 radical (unpaired) electrons. The summed E-state index contributed by atoms with van der Waals surface area (Å²) in [6.45, 7) is 6.17. The molecule has 0 aliphatic carbocycles. The third kappa shape index (κ3) is 5.73. The molecule has 1 amide bonds. The van der Waals surface area contributed by atoms with Crippen LogP contribution in [0.5, 0.6) is 0 Å². The third-order valence-corrected chi connectivity index (χ3v) is 9.15. The second kappa shape index (κ2) is 11.8. The Bertz CT molecular complexity index is 1730. The van der Waals surface area contributed by atoms with Gasteiger partial charge in [-0.3, -0.25) is 4.79 Å². The van der Waals surface area contributed by atoms with Crippen LogP contribution in [0.4, 0.5) is 13.2 Å². The van der Waals surface area contributed by atoms with Gasteiger partial charge < -0.3 is 9.47 Å². The van der Waals surface area contributed by atoms with E-state index in [2.05, 4.69) is 35.9 Å². The van der Waals surface area contributed by atoms with Gasteiger partial charge in [-0.25, -0.2) is 9.97 Å². The second-order valence-corrected chi connectivity index (χ2v) is 11.6. The zero-order valence-electron chi connectivity index (χ0n) is 23.9. The molecule has 0 bridgehead atoms. The standard InChI is InChI=1S/C34H31F3N4OS/c1-3-41-22(2)30(24-9-5-4-6-10-24)39-31(41)29-21-43-32(38-29)25-17-19-40(20-18-25)33(42)28-12-8-7-11-27(28)23-13-15-26(16-14-23)34(35,36)37/h4-16,21,25H,3,17-20H2,1-2H3. The van der Waals surface area contributed by atoms with E-state index in [4.69, 9.17) is 9.97 Å². The highest BCUT2D eigenvalue weighted by Crippen LogP contribution is 2.36. The molecule has 3 aromatic carbocycles. The molecule has 5 aromatic rings. The Hall–Kier alpha value is -4.24. The molecule has 1 aliphatic rings. The van der Waals surface area contributed by atoms with Crippen molar-refractivity contribution in [2.24, 2.45) is 0 Å². The van der Waals surface area contributed by atoms with Gasteiger partial charge in [-0.2, -0.15) is 13.2 Å². The first-order chi connectivity index (χ1) is 20.7. The number of carbonyl (C=O) groups excluding carboxylic acids is 1. The molecule has 2 aromatic heterocycles. The fourth-order valence-electron chi connectivity index (χ4n) is 5.82. The van der Waals surface area contributed by atoms with E-state index in [0.29, 0.717) is 29.8 Å². The van der Waals surface area contributed by atoms with Crippen molar-refractivity contribution in [1.29, 1.82) is 0 Å². The van der Waals surface area contributed by atoms with Gasteiger partial charge in [0.05, 0.1) is 16.3 Å². The number of rotatable bonds is 6. The number of carbonyl (C=O) groups is 1. The van der Waals surface area contributed by atoms with Gasteiger partial charge in [-0.15, -0.1) is 11.3 Å². The first kappa shape index (κ1) is 28.9. The van der Waals surface area contributed by atoms with Crippen molar-refractivity contribution < 1.29 is 18.0 Å². The number of likely N-dealkylation sites (tertiary alicyclic amines) is 1. The molecule has 3 heterocycles. The summed E-state index contributed by atoms with van der Waals surface area (Å²) in [6.07, 6.45) is -2.83. The normalized spacial score (nSPS) is 14.3. The molecule has 9 heteroatoms. The number of benzene rings is 3. The van der Waals surface area contributed by atoms with Gasteiger partial charge in [0.25, 0.3) is 5.91 Å². The SMILES string of the molecule is CCn1c(-c2csc(C3CCN(C(=O)c4ccccc4-c4ccc(C(F)(F)F)cc4)CC3)n2)nc(-c2ccccc2)c1C. The quantitative estimate of drug-likeness (QED) is 0.196. The summed E-state index contributed by atoms with van der Waals surface area (Å²) in [5.74, 6) is 1.00. The molecule has 220 valence electrons. The summed E-state index contributed by atoms with van der Waals surface area (Å²) >= 11 is 1.64. The number of thiazole rings is 1. The van der Waals surface area contributed by atoms with E-state index in [1.807, 2.05) is 23.1 Å². The summed E-state index contributed by atoms with van der Waals surface area (Å²) in [7, 11) is 0. The van der Waals surface area contributed by atoms with E-state index in [1.165, 1.54) is 12.1 Å². The van der Waals surface area contributed by atoms with Crippen molar-refractivity contribution in [1.82, 2.24) is 19.4 Å². The molecule has 0 saturated carbocycles. The number of alkyl halides is 3. The minimum Gasteiger partial charge on any atom is -0.339 e. The van der Waals surface area contributed by atoms with Crippen molar-refractivity contribution in [2.75, 3.05) is 13.1 Å². The number of halogens is 3. The molecule has 0 N–H and O–H groups in total. The van der Waals surface area contributed by atoms with E-state index in [0.717, 1.165) is 65.0 Å². The predicted octanol–water partition coefficient (Wildman–Crippen LogP) is 8.71. The van der Waals surface area contributed by atoms with Gasteiger partial charge in [-0.1, -0.05) is 60.7 Å². The maximum absolute atomic E-state index is 13.6. The molecule has 0 atom stereocenters. The Labute approximate surface area is 252 Å². The lowest BCUT2D eigenvalue weighted by molar-refractivity contribution is -0.137. The van der Waals surface area contributed by atoms with Gasteiger partial charge >= 0.3 is 6.18 Å². The minimum atomic E-state index is -4.41. The summed E-state index contributed by atoms with van der Waals surface area (Å²) in [4.78, 5) is 25.5. The van der Waals surface area contributed by atoms with Crippen molar-refractivity contribution in [3.8, 4) is 33.9 Å². The first-order valence-corrected chi connectivity index (χ1v) is 15.3. The second-order valence-electron chi connectivity index (χ2n) is 10.7. The number of amides is 1. The van der Waals surface area contributed by atoms with E-state index < -0.39 is 11.7 Å². The van der Waals surface area contributed by atoms with Crippen LogP contribution in [0, 0.1) is 6.92 Å². The number of hydrogen-bond acceptors (Lipinski definition) is 4. The Kier molecular flexibility index (Phi) is 7.92. The maximum Gasteiger partial charge on any atom is 0.416 e. The maximum atomic E-state index is 13.6. The van der Waals surface area contributed by atoms with Gasteiger partial charge in [0.2, 0.25) is 0 Å². The predicted molar refractivity (Wildman–Crippen MR) is 164 cm³/mol. The molecule has 1 aliphatic heterocycles. The smallest absolute Gasteiger partial charge is 0.339 e. The van der Waals surface area contributed by atoms with Gasteiger partial charge in [0, 0.05) is 47.8 Å². The Morgan fingerprint density at radius 2 is 1.58 bits per heavy atom. The van der Waals surface area contributed by atoms with Crippen molar-refractivity contribution in [3.63, 3.8) is 0 Å². The Morgan fingerprint density at radius 1 is 0.907 bits per heavy atom. The summed E-state index contributed by atoms with van der Waals surface area (Å²) in [6, 6.07) is 22.3. The fraction of sp³-hybridized carbons (Fsp3) is 0.265. The number of hydrogen-bond donors (Lipinski definition) is 0. The van der Waals surface area contributed by atoms with Gasteiger partial charge in [0.15, 0.2) is 5.82 Å². The van der Waals surface area contributed by atoms with Crippen LogP contribution in [0.15, 0.2) is 84.2 Å². The Morgan fingerprint density at radius 3 is 2.26 bits per heavy atom. The number of imidazole rings is 1. The van der Waals surface area contributed by atoms with E-state index >= 15 is 0 Å². The monoisotopic (exact) mass is 600 g/mol. The van der Waals surface area contributed by atoms with Crippen LogP contribution in [-0.2, 0) is 12.7 Å². The number of aromatic nitrogens is 3. The van der Waals surface area contributed by atoms with Crippen molar-refractivity contribution >= 4 is 17.2 Å². The summed E-state index contributed by atoms with van der Waals surface area (Å²) in [5, 5.41) is 3.13. The highest BCUT2D eigenvalue weighted by atomic mass is 32.1. The number of piperidine rings is 1. The molecule has 0 spiro atoms. The molecular weight excluding hydrogens is 569 g/mol. The van der Waals surface area contributed by atoms with Gasteiger partial charge in [0.1, 0.15) is 5.69 Å². The van der Waals surface area contributed by atoms with Crippen LogP contribution < -0.4 is 0 Å². The van der Waals surface area contributed by atoms with Crippen LogP contribution in [0.2, 0.25) is 0 Å². The lowest BCUT2D eigenvalue weighted by atomic mass is 9.94. The average Bonchev–Trinajstić information content (AvgIpc) is 3.65. The molecular formula is C34H31F3N4OS. The third-order valence-electron chi connectivity index (χ3n) is 8.15. The highest BCUT2D eigenvalue weighted by Gasteiger charge is 2.31. The zero-order chi connectivity index (χ0) is 30.1. The molecule has 0 unspecified atom stereocenters. The minimum absolute atomic E-state index is 0.109. The van der Waals surface area contributed by atoms with Crippen LogP contribution in [-0.4, -0.2) is 38.4 Å². The van der Waals surface area contributed by atoms with Crippen molar-refractivity contribution in [3.05, 3.63) is 106 Å². The molecule has 43 heavy (non-hydrogen) atoms. The lowest BCUT2D eigenvalue weighted by Gasteiger charge is -2.31. The Balaban J connectivity index is 1.16. The summed E-state index contributed by atoms with van der Waals surface area (Å²) in [5.41, 5.74) is 5.03. The molecule has 1 fully saturated rings. The lowest BCUT2D eigenvalue weighted by Crippen LogP contribution is -2.38. The van der Waals surface area contributed by atoms with E-state index in [-0.39, 0.29) is 11.8 Å². The van der Waals surface area contributed by atoms with Crippen LogP contribution in [0.3, 0.4) is 0 Å². The molecule has 6 rings (SSSR count). The average molecular weight is 601 g/mol. The topological polar surface area (TPSA) is 51.0 Å². The number of nitrogens with zero attached hydrogens (tertiary/aromatic N) is 4. The first-order valence-electron chi connectivity index (χ1n) is 14.4.